The van der Waals surface area contributed by atoms with Gasteiger partial charge in [0.15, 0.2) is 0 Å². The van der Waals surface area contributed by atoms with Gasteiger partial charge in [-0.25, -0.2) is 5.43 Å². The third-order valence-electron chi connectivity index (χ3n) is 2.97. The van der Waals surface area contributed by atoms with E-state index in [1.54, 1.807) is 24.4 Å². The van der Waals surface area contributed by atoms with Crippen molar-refractivity contribution in [2.24, 2.45) is 5.10 Å². The van der Waals surface area contributed by atoms with Gasteiger partial charge in [0.05, 0.1) is 11.8 Å². The van der Waals surface area contributed by atoms with Crippen LogP contribution in [0, 0.1) is 0 Å². The van der Waals surface area contributed by atoms with Crippen LogP contribution in [0.15, 0.2) is 76.5 Å². The Morgan fingerprint density at radius 2 is 1.95 bits per heavy atom. The SMILES string of the molecule is O=C(N/N=C/c1ccc(-c2ccccc2)o1)c1cccnc1. The number of hydrogen-bond donors (Lipinski definition) is 1. The molecule has 22 heavy (non-hydrogen) atoms. The molecule has 1 amide bonds. The van der Waals surface area contributed by atoms with E-state index in [0.717, 1.165) is 11.3 Å². The number of amides is 1. The predicted molar refractivity (Wildman–Crippen MR) is 83.4 cm³/mol. The molecule has 0 atom stereocenters. The number of furan rings is 1. The van der Waals surface area contributed by atoms with Crippen molar-refractivity contribution in [2.45, 2.75) is 0 Å². The number of nitrogens with one attached hydrogen (secondary N) is 1. The van der Waals surface area contributed by atoms with Gasteiger partial charge in [-0.3, -0.25) is 9.78 Å². The molecule has 5 nitrogen and oxygen atoms in total. The predicted octanol–water partition coefficient (Wildman–Crippen LogP) is 3.11. The smallest absolute Gasteiger partial charge is 0.272 e. The Bertz CT molecular complexity index is 780. The van der Waals surface area contributed by atoms with Crippen LogP contribution < -0.4 is 5.43 Å². The molecule has 0 fully saturated rings. The summed E-state index contributed by atoms with van der Waals surface area (Å²) in [4.78, 5) is 15.6. The molecule has 0 aliphatic heterocycles. The van der Waals surface area contributed by atoms with Gasteiger partial charge in [0, 0.05) is 18.0 Å². The van der Waals surface area contributed by atoms with Gasteiger partial charge in [0.25, 0.3) is 5.91 Å². The van der Waals surface area contributed by atoms with Crippen LogP contribution in [0.5, 0.6) is 0 Å². The lowest BCUT2D eigenvalue weighted by Crippen LogP contribution is -2.17. The lowest BCUT2D eigenvalue weighted by molar-refractivity contribution is 0.0955. The van der Waals surface area contributed by atoms with Crippen LogP contribution in [0.2, 0.25) is 0 Å². The van der Waals surface area contributed by atoms with Crippen LogP contribution in [-0.4, -0.2) is 17.1 Å². The van der Waals surface area contributed by atoms with E-state index in [2.05, 4.69) is 15.5 Å². The van der Waals surface area contributed by atoms with Crippen LogP contribution in [0.4, 0.5) is 0 Å². The molecule has 5 heteroatoms. The molecule has 108 valence electrons. The van der Waals surface area contributed by atoms with Crippen molar-refractivity contribution in [3.8, 4) is 11.3 Å². The maximum atomic E-state index is 11.8. The zero-order valence-electron chi connectivity index (χ0n) is 11.6. The Balaban J connectivity index is 1.64. The Morgan fingerprint density at radius 1 is 1.09 bits per heavy atom. The molecule has 2 aromatic heterocycles. The quantitative estimate of drug-likeness (QED) is 0.593. The van der Waals surface area contributed by atoms with Crippen molar-refractivity contribution in [3.63, 3.8) is 0 Å². The first-order chi connectivity index (χ1) is 10.8. The van der Waals surface area contributed by atoms with Crippen LogP contribution in [0.25, 0.3) is 11.3 Å². The topological polar surface area (TPSA) is 67.5 Å². The minimum absolute atomic E-state index is 0.320. The fraction of sp³-hybridized carbons (Fsp3) is 0. The summed E-state index contributed by atoms with van der Waals surface area (Å²) in [5, 5.41) is 3.88. The van der Waals surface area contributed by atoms with Gasteiger partial charge in [-0.05, 0) is 24.3 Å². The fourth-order valence-electron chi connectivity index (χ4n) is 1.90. The summed E-state index contributed by atoms with van der Waals surface area (Å²) >= 11 is 0. The Hall–Kier alpha value is -3.21. The highest BCUT2D eigenvalue weighted by Crippen LogP contribution is 2.20. The number of hydrazone groups is 1. The van der Waals surface area contributed by atoms with Gasteiger partial charge >= 0.3 is 0 Å². The highest BCUT2D eigenvalue weighted by molar-refractivity contribution is 5.94. The van der Waals surface area contributed by atoms with Crippen molar-refractivity contribution in [1.29, 1.82) is 0 Å². The molecule has 0 aliphatic rings. The van der Waals surface area contributed by atoms with E-state index < -0.39 is 0 Å². The first kappa shape index (κ1) is 13.8. The molecule has 3 aromatic rings. The largest absolute Gasteiger partial charge is 0.455 e. The number of nitrogens with zero attached hydrogens (tertiary/aromatic N) is 2. The van der Waals surface area contributed by atoms with E-state index in [1.165, 1.54) is 12.4 Å². The molecule has 2 heterocycles. The highest BCUT2D eigenvalue weighted by atomic mass is 16.3. The minimum atomic E-state index is -0.320. The fourth-order valence-corrected chi connectivity index (χ4v) is 1.90. The summed E-state index contributed by atoms with van der Waals surface area (Å²) in [7, 11) is 0. The molecule has 0 aliphatic carbocycles. The number of pyridine rings is 1. The summed E-state index contributed by atoms with van der Waals surface area (Å²) in [5.74, 6) is 0.991. The zero-order valence-corrected chi connectivity index (χ0v) is 11.6. The number of aromatic nitrogens is 1. The van der Waals surface area contributed by atoms with E-state index in [1.807, 2.05) is 36.4 Å². The lowest BCUT2D eigenvalue weighted by atomic mass is 10.2. The second-order valence-electron chi connectivity index (χ2n) is 4.51. The van der Waals surface area contributed by atoms with Gasteiger partial charge in [0.1, 0.15) is 11.5 Å². The monoisotopic (exact) mass is 291 g/mol. The van der Waals surface area contributed by atoms with Crippen molar-refractivity contribution in [1.82, 2.24) is 10.4 Å². The Labute approximate surface area is 127 Å². The summed E-state index contributed by atoms with van der Waals surface area (Å²) in [6.07, 6.45) is 4.54. The maximum absolute atomic E-state index is 11.8. The first-order valence-corrected chi connectivity index (χ1v) is 6.71. The van der Waals surface area contributed by atoms with E-state index in [0.29, 0.717) is 11.3 Å². The average Bonchev–Trinajstić information content (AvgIpc) is 3.05. The summed E-state index contributed by atoms with van der Waals surface area (Å²) in [6.45, 7) is 0. The average molecular weight is 291 g/mol. The Morgan fingerprint density at radius 3 is 2.73 bits per heavy atom. The van der Waals surface area contributed by atoms with Gasteiger partial charge in [-0.1, -0.05) is 30.3 Å². The van der Waals surface area contributed by atoms with Crippen LogP contribution in [0.1, 0.15) is 16.1 Å². The second-order valence-corrected chi connectivity index (χ2v) is 4.51. The third-order valence-corrected chi connectivity index (χ3v) is 2.97. The molecule has 0 unspecified atom stereocenters. The van der Waals surface area contributed by atoms with Gasteiger partial charge < -0.3 is 4.42 Å². The number of benzene rings is 1. The number of carbonyl (C=O) groups excluding carboxylic acids is 1. The summed E-state index contributed by atoms with van der Waals surface area (Å²) in [6, 6.07) is 16.8. The minimum Gasteiger partial charge on any atom is -0.455 e. The molecule has 1 N–H and O–H groups in total. The molecule has 0 radical (unpaired) electrons. The normalized spacial score (nSPS) is 10.7. The van der Waals surface area contributed by atoms with Gasteiger partial charge in [-0.15, -0.1) is 0 Å². The molecular formula is C17H13N3O2. The highest BCUT2D eigenvalue weighted by Gasteiger charge is 2.04. The van der Waals surface area contributed by atoms with E-state index in [-0.39, 0.29) is 5.91 Å². The first-order valence-electron chi connectivity index (χ1n) is 6.71. The molecule has 0 saturated carbocycles. The van der Waals surface area contributed by atoms with Crippen molar-refractivity contribution < 1.29 is 9.21 Å². The molecule has 0 spiro atoms. The third kappa shape index (κ3) is 3.27. The van der Waals surface area contributed by atoms with Crippen molar-refractivity contribution >= 4 is 12.1 Å². The molecule has 3 rings (SSSR count). The van der Waals surface area contributed by atoms with E-state index in [4.69, 9.17) is 4.42 Å². The van der Waals surface area contributed by atoms with Crippen LogP contribution in [-0.2, 0) is 0 Å². The van der Waals surface area contributed by atoms with Crippen LogP contribution >= 0.6 is 0 Å². The van der Waals surface area contributed by atoms with E-state index >= 15 is 0 Å². The van der Waals surface area contributed by atoms with Crippen molar-refractivity contribution in [2.75, 3.05) is 0 Å². The molecule has 0 saturated heterocycles. The maximum Gasteiger partial charge on any atom is 0.272 e. The lowest BCUT2D eigenvalue weighted by Gasteiger charge is -1.97. The van der Waals surface area contributed by atoms with Gasteiger partial charge in [0.2, 0.25) is 0 Å². The second kappa shape index (κ2) is 6.49. The van der Waals surface area contributed by atoms with E-state index in [9.17, 15) is 4.79 Å². The van der Waals surface area contributed by atoms with Crippen molar-refractivity contribution in [3.05, 3.63) is 78.3 Å². The molecular weight excluding hydrogens is 278 g/mol. The van der Waals surface area contributed by atoms with Gasteiger partial charge in [-0.2, -0.15) is 5.10 Å². The summed E-state index contributed by atoms with van der Waals surface area (Å²) in [5.41, 5.74) is 3.86. The molecule has 1 aromatic carbocycles. The summed E-state index contributed by atoms with van der Waals surface area (Å²) < 4.78 is 5.64. The number of hydrogen-bond acceptors (Lipinski definition) is 4. The zero-order chi connectivity index (χ0) is 15.2. The molecule has 0 bridgehead atoms. The number of carbonyl (C=O) groups is 1. The van der Waals surface area contributed by atoms with Crippen LogP contribution in [0.3, 0.4) is 0 Å². The number of rotatable bonds is 4. The standard InChI is InChI=1S/C17H13N3O2/c21-17(14-7-4-10-18-11-14)20-19-12-15-8-9-16(22-15)13-5-2-1-3-6-13/h1-12H,(H,20,21)/b19-12+. The Kier molecular flexibility index (Phi) is 4.06.